The highest BCUT2D eigenvalue weighted by atomic mass is 16.2. The van der Waals surface area contributed by atoms with Gasteiger partial charge in [-0.05, 0) is 13.8 Å². The molecule has 0 aromatic carbocycles. The lowest BCUT2D eigenvalue weighted by Gasteiger charge is -2.48. The SMILES string of the molecule is CN1CCN(C(=N)C(C)(C)C)C(C)(C)C1=O. The summed E-state index contributed by atoms with van der Waals surface area (Å²) in [5.74, 6) is 0.631. The Balaban J connectivity index is 2.99. The second-order valence-electron chi connectivity index (χ2n) is 6.04. The van der Waals surface area contributed by atoms with Crippen molar-refractivity contribution in [3.05, 3.63) is 0 Å². The number of likely N-dealkylation sites (N-methyl/N-ethyl adjacent to an activating group) is 1. The molecule has 1 amide bonds. The first-order chi connectivity index (χ1) is 7.08. The number of hydrogen-bond donors (Lipinski definition) is 1. The Morgan fingerprint density at radius 3 is 2.25 bits per heavy atom. The number of carbonyl (C=O) groups is 1. The number of carbonyl (C=O) groups excluding carboxylic acids is 1. The van der Waals surface area contributed by atoms with E-state index in [1.807, 2.05) is 46.6 Å². The van der Waals surface area contributed by atoms with Gasteiger partial charge in [0.05, 0.1) is 0 Å². The molecule has 0 aliphatic carbocycles. The summed E-state index contributed by atoms with van der Waals surface area (Å²) in [6, 6.07) is 0. The molecule has 92 valence electrons. The number of nitrogens with zero attached hydrogens (tertiary/aromatic N) is 2. The van der Waals surface area contributed by atoms with E-state index >= 15 is 0 Å². The standard InChI is InChI=1S/C12H23N3O/c1-11(2,3)9(13)15-8-7-14(6)10(16)12(15,4)5/h13H,7-8H2,1-6H3. The molecular formula is C12H23N3O. The molecule has 4 nitrogen and oxygen atoms in total. The Hall–Kier alpha value is -1.06. The van der Waals surface area contributed by atoms with Gasteiger partial charge in [0.1, 0.15) is 11.4 Å². The molecule has 1 saturated heterocycles. The summed E-state index contributed by atoms with van der Waals surface area (Å²) in [7, 11) is 1.82. The fraction of sp³-hybridized carbons (Fsp3) is 0.833. The lowest BCUT2D eigenvalue weighted by atomic mass is 9.89. The molecule has 4 heteroatoms. The fourth-order valence-electron chi connectivity index (χ4n) is 2.01. The van der Waals surface area contributed by atoms with E-state index in [-0.39, 0.29) is 11.3 Å². The van der Waals surface area contributed by atoms with Crippen molar-refractivity contribution in [2.45, 2.75) is 40.2 Å². The average Bonchev–Trinajstić information content (AvgIpc) is 2.12. The Labute approximate surface area is 98.1 Å². The topological polar surface area (TPSA) is 47.4 Å². The molecule has 1 N–H and O–H groups in total. The summed E-state index contributed by atoms with van der Waals surface area (Å²) in [5.41, 5.74) is -0.815. The molecule has 1 heterocycles. The summed E-state index contributed by atoms with van der Waals surface area (Å²) in [5, 5.41) is 8.20. The highest BCUT2D eigenvalue weighted by Gasteiger charge is 2.43. The number of rotatable bonds is 0. The first kappa shape index (κ1) is 13.0. The number of piperazine rings is 1. The Morgan fingerprint density at radius 1 is 1.31 bits per heavy atom. The third-order valence-corrected chi connectivity index (χ3v) is 3.18. The van der Waals surface area contributed by atoms with E-state index in [4.69, 9.17) is 5.41 Å². The maximum atomic E-state index is 12.1. The monoisotopic (exact) mass is 225 g/mol. The van der Waals surface area contributed by atoms with Gasteiger partial charge in [0.25, 0.3) is 0 Å². The van der Waals surface area contributed by atoms with Crippen LogP contribution in [0.3, 0.4) is 0 Å². The van der Waals surface area contributed by atoms with Crippen LogP contribution in [0.4, 0.5) is 0 Å². The molecule has 16 heavy (non-hydrogen) atoms. The molecule has 0 radical (unpaired) electrons. The number of hydrogen-bond acceptors (Lipinski definition) is 2. The van der Waals surface area contributed by atoms with Crippen LogP contribution in [-0.4, -0.2) is 47.2 Å². The van der Waals surface area contributed by atoms with Crippen molar-refractivity contribution >= 4 is 11.7 Å². The highest BCUT2D eigenvalue weighted by molar-refractivity contribution is 5.94. The molecule has 0 spiro atoms. The lowest BCUT2D eigenvalue weighted by molar-refractivity contribution is -0.143. The molecule has 0 aromatic rings. The molecule has 1 rings (SSSR count). The van der Waals surface area contributed by atoms with Crippen molar-refractivity contribution in [3.8, 4) is 0 Å². The zero-order valence-electron chi connectivity index (χ0n) is 11.2. The van der Waals surface area contributed by atoms with Crippen LogP contribution in [0.15, 0.2) is 0 Å². The maximum Gasteiger partial charge on any atom is 0.247 e. The van der Waals surface area contributed by atoms with E-state index in [2.05, 4.69) is 0 Å². The number of amides is 1. The largest absolute Gasteiger partial charge is 0.344 e. The predicted octanol–water partition coefficient (Wildman–Crippen LogP) is 1.56. The molecule has 0 unspecified atom stereocenters. The normalized spacial score (nSPS) is 21.2. The maximum absolute atomic E-state index is 12.1. The summed E-state index contributed by atoms with van der Waals surface area (Å²) >= 11 is 0. The first-order valence-corrected chi connectivity index (χ1v) is 5.70. The van der Waals surface area contributed by atoms with Gasteiger partial charge in [0.2, 0.25) is 5.91 Å². The molecular weight excluding hydrogens is 202 g/mol. The van der Waals surface area contributed by atoms with Crippen molar-refractivity contribution in [2.24, 2.45) is 5.41 Å². The number of nitrogens with one attached hydrogen (secondary N) is 1. The van der Waals surface area contributed by atoms with E-state index < -0.39 is 5.54 Å². The predicted molar refractivity (Wildman–Crippen MR) is 65.6 cm³/mol. The van der Waals surface area contributed by atoms with Gasteiger partial charge >= 0.3 is 0 Å². The molecule has 0 saturated carbocycles. The number of amidine groups is 1. The van der Waals surface area contributed by atoms with Crippen LogP contribution in [0.1, 0.15) is 34.6 Å². The van der Waals surface area contributed by atoms with Crippen LogP contribution in [0.25, 0.3) is 0 Å². The van der Waals surface area contributed by atoms with E-state index in [9.17, 15) is 4.79 Å². The molecule has 1 aliphatic rings. The van der Waals surface area contributed by atoms with Gasteiger partial charge in [-0.2, -0.15) is 0 Å². The smallest absolute Gasteiger partial charge is 0.247 e. The Bertz CT molecular complexity index is 315. The van der Waals surface area contributed by atoms with Crippen LogP contribution in [0.5, 0.6) is 0 Å². The molecule has 0 atom stereocenters. The quantitative estimate of drug-likeness (QED) is 0.502. The van der Waals surface area contributed by atoms with Crippen molar-refractivity contribution < 1.29 is 4.79 Å². The third kappa shape index (κ3) is 2.06. The fourth-order valence-corrected chi connectivity index (χ4v) is 2.01. The van der Waals surface area contributed by atoms with Gasteiger partial charge in [0.15, 0.2) is 0 Å². The summed E-state index contributed by atoms with van der Waals surface area (Å²) in [6.07, 6.45) is 0. The van der Waals surface area contributed by atoms with Crippen molar-refractivity contribution in [1.82, 2.24) is 9.80 Å². The summed E-state index contributed by atoms with van der Waals surface area (Å²) in [4.78, 5) is 15.7. The minimum atomic E-state index is -0.600. The highest BCUT2D eigenvalue weighted by Crippen LogP contribution is 2.28. The van der Waals surface area contributed by atoms with Crippen LogP contribution < -0.4 is 0 Å². The van der Waals surface area contributed by atoms with Crippen molar-refractivity contribution in [1.29, 1.82) is 5.41 Å². The Kier molecular flexibility index (Phi) is 3.05. The van der Waals surface area contributed by atoms with Crippen LogP contribution in [0, 0.1) is 10.8 Å². The van der Waals surface area contributed by atoms with Gasteiger partial charge in [-0.15, -0.1) is 0 Å². The van der Waals surface area contributed by atoms with E-state index in [1.165, 1.54) is 0 Å². The molecule has 0 aromatic heterocycles. The van der Waals surface area contributed by atoms with Crippen LogP contribution >= 0.6 is 0 Å². The van der Waals surface area contributed by atoms with Crippen LogP contribution in [-0.2, 0) is 4.79 Å². The molecule has 1 fully saturated rings. The van der Waals surface area contributed by atoms with Gasteiger partial charge in [-0.1, -0.05) is 20.8 Å². The minimum absolute atomic E-state index is 0.0905. The average molecular weight is 225 g/mol. The second-order valence-corrected chi connectivity index (χ2v) is 6.04. The minimum Gasteiger partial charge on any atom is -0.344 e. The third-order valence-electron chi connectivity index (χ3n) is 3.18. The van der Waals surface area contributed by atoms with E-state index in [0.29, 0.717) is 12.4 Å². The van der Waals surface area contributed by atoms with Gasteiger partial charge < -0.3 is 9.80 Å². The lowest BCUT2D eigenvalue weighted by Crippen LogP contribution is -2.65. The molecule has 0 bridgehead atoms. The second kappa shape index (κ2) is 3.75. The van der Waals surface area contributed by atoms with Crippen molar-refractivity contribution in [2.75, 3.05) is 20.1 Å². The van der Waals surface area contributed by atoms with Crippen molar-refractivity contribution in [3.63, 3.8) is 0 Å². The van der Waals surface area contributed by atoms with E-state index in [1.54, 1.807) is 4.90 Å². The van der Waals surface area contributed by atoms with Gasteiger partial charge in [-0.25, -0.2) is 0 Å². The summed E-state index contributed by atoms with van der Waals surface area (Å²) < 4.78 is 0. The summed E-state index contributed by atoms with van der Waals surface area (Å²) in [6.45, 7) is 11.2. The Morgan fingerprint density at radius 2 is 1.81 bits per heavy atom. The van der Waals surface area contributed by atoms with Crippen LogP contribution in [0.2, 0.25) is 0 Å². The zero-order valence-corrected chi connectivity index (χ0v) is 11.2. The first-order valence-electron chi connectivity index (χ1n) is 5.70. The van der Waals surface area contributed by atoms with E-state index in [0.717, 1.165) is 6.54 Å². The van der Waals surface area contributed by atoms with Gasteiger partial charge in [0, 0.05) is 25.6 Å². The molecule has 1 aliphatic heterocycles. The zero-order chi connectivity index (χ0) is 12.7. The van der Waals surface area contributed by atoms with Gasteiger partial charge in [-0.3, -0.25) is 10.2 Å².